The first kappa shape index (κ1) is 12.0. The van der Waals surface area contributed by atoms with Gasteiger partial charge in [0.25, 0.3) is 0 Å². The van der Waals surface area contributed by atoms with Crippen LogP contribution in [0.4, 0.5) is 5.82 Å². The molecule has 2 N–H and O–H groups in total. The second-order valence-corrected chi connectivity index (χ2v) is 3.99. The third kappa shape index (κ3) is 2.93. The second-order valence-electron chi connectivity index (χ2n) is 3.99. The number of nitrogens with one attached hydrogen (secondary N) is 1. The molecule has 0 spiro atoms. The van der Waals surface area contributed by atoms with Crippen LogP contribution in [0.15, 0.2) is 18.3 Å². The van der Waals surface area contributed by atoms with Gasteiger partial charge in [-0.3, -0.25) is 0 Å². The van der Waals surface area contributed by atoms with Gasteiger partial charge in [-0.1, -0.05) is 13.8 Å². The lowest BCUT2D eigenvalue weighted by atomic mass is 9.94. The molecule has 3 nitrogen and oxygen atoms in total. The summed E-state index contributed by atoms with van der Waals surface area (Å²) in [5, 5.41) is 12.7. The van der Waals surface area contributed by atoms with Gasteiger partial charge in [0, 0.05) is 6.20 Å². The van der Waals surface area contributed by atoms with E-state index in [1.807, 2.05) is 19.1 Å². The molecule has 0 bridgehead atoms. The number of aryl methyl sites for hydroxylation is 1. The van der Waals surface area contributed by atoms with Crippen LogP contribution < -0.4 is 5.32 Å². The Labute approximate surface area is 91.5 Å². The molecular weight excluding hydrogens is 188 g/mol. The Bertz CT molecular complexity index is 300. The maximum absolute atomic E-state index is 9.42. The highest BCUT2D eigenvalue weighted by Crippen LogP contribution is 2.20. The summed E-state index contributed by atoms with van der Waals surface area (Å²) in [5.41, 5.74) is 0.937. The van der Waals surface area contributed by atoms with Gasteiger partial charge in [-0.05, 0) is 37.5 Å². The summed E-state index contributed by atoms with van der Waals surface area (Å²) in [6.07, 6.45) is 3.55. The van der Waals surface area contributed by atoms with Crippen LogP contribution in [-0.2, 0) is 0 Å². The van der Waals surface area contributed by atoms with Crippen LogP contribution in [0.1, 0.15) is 32.3 Å². The molecule has 1 heterocycles. The van der Waals surface area contributed by atoms with Crippen molar-refractivity contribution in [3.8, 4) is 0 Å². The number of hydrogen-bond donors (Lipinski definition) is 2. The molecule has 0 fully saturated rings. The molecule has 0 saturated heterocycles. The van der Waals surface area contributed by atoms with E-state index >= 15 is 0 Å². The average Bonchev–Trinajstić information content (AvgIpc) is 2.26. The van der Waals surface area contributed by atoms with E-state index in [0.717, 1.165) is 18.7 Å². The molecule has 0 aliphatic heterocycles. The number of nitrogens with zero attached hydrogens (tertiary/aromatic N) is 1. The Balaban J connectivity index is 2.82. The van der Waals surface area contributed by atoms with Gasteiger partial charge >= 0.3 is 0 Å². The van der Waals surface area contributed by atoms with Crippen molar-refractivity contribution in [2.75, 3.05) is 11.9 Å². The third-order valence-electron chi connectivity index (χ3n) is 2.96. The van der Waals surface area contributed by atoms with Crippen LogP contribution in [0.25, 0.3) is 0 Å². The molecular formula is C12H20N2O. The molecule has 0 atom stereocenters. The minimum Gasteiger partial charge on any atom is -0.394 e. The van der Waals surface area contributed by atoms with Crippen molar-refractivity contribution in [2.45, 2.75) is 39.2 Å². The standard InChI is InChI=1S/C12H20N2O/c1-4-12(5-2,9-15)14-11-8-10(3)6-7-13-11/h6-8,15H,4-5,9H2,1-3H3,(H,13,14). The Morgan fingerprint density at radius 2 is 2.07 bits per heavy atom. The molecule has 15 heavy (non-hydrogen) atoms. The lowest BCUT2D eigenvalue weighted by molar-refractivity contribution is 0.202. The molecule has 1 rings (SSSR count). The zero-order valence-corrected chi connectivity index (χ0v) is 9.75. The number of hydrogen-bond acceptors (Lipinski definition) is 3. The average molecular weight is 208 g/mol. The summed E-state index contributed by atoms with van der Waals surface area (Å²) < 4.78 is 0. The van der Waals surface area contributed by atoms with Crippen LogP contribution in [-0.4, -0.2) is 22.2 Å². The quantitative estimate of drug-likeness (QED) is 0.780. The predicted molar refractivity (Wildman–Crippen MR) is 63.0 cm³/mol. The molecule has 0 aliphatic rings. The molecule has 1 aromatic heterocycles. The van der Waals surface area contributed by atoms with Gasteiger partial charge in [0.15, 0.2) is 0 Å². The largest absolute Gasteiger partial charge is 0.394 e. The van der Waals surface area contributed by atoms with E-state index in [-0.39, 0.29) is 12.1 Å². The fraction of sp³-hybridized carbons (Fsp3) is 0.583. The van der Waals surface area contributed by atoms with E-state index in [9.17, 15) is 5.11 Å². The lowest BCUT2D eigenvalue weighted by Crippen LogP contribution is -2.41. The van der Waals surface area contributed by atoms with Crippen molar-refractivity contribution in [2.24, 2.45) is 0 Å². The summed E-state index contributed by atoms with van der Waals surface area (Å²) in [6, 6.07) is 3.96. The van der Waals surface area contributed by atoms with Crippen molar-refractivity contribution in [3.63, 3.8) is 0 Å². The van der Waals surface area contributed by atoms with E-state index < -0.39 is 0 Å². The van der Waals surface area contributed by atoms with Crippen molar-refractivity contribution in [1.82, 2.24) is 4.98 Å². The Morgan fingerprint density at radius 3 is 2.53 bits per heavy atom. The number of pyridine rings is 1. The maximum Gasteiger partial charge on any atom is 0.126 e. The summed E-state index contributed by atoms with van der Waals surface area (Å²) >= 11 is 0. The highest BCUT2D eigenvalue weighted by atomic mass is 16.3. The van der Waals surface area contributed by atoms with Crippen molar-refractivity contribution in [3.05, 3.63) is 23.9 Å². The molecule has 0 saturated carbocycles. The number of aliphatic hydroxyl groups excluding tert-OH is 1. The van der Waals surface area contributed by atoms with Gasteiger partial charge in [0.1, 0.15) is 5.82 Å². The van der Waals surface area contributed by atoms with Gasteiger partial charge in [0.2, 0.25) is 0 Å². The van der Waals surface area contributed by atoms with Gasteiger partial charge in [-0.25, -0.2) is 4.98 Å². The fourth-order valence-corrected chi connectivity index (χ4v) is 1.57. The maximum atomic E-state index is 9.42. The van der Waals surface area contributed by atoms with Crippen LogP contribution in [0.3, 0.4) is 0 Å². The smallest absolute Gasteiger partial charge is 0.126 e. The number of rotatable bonds is 5. The van der Waals surface area contributed by atoms with E-state index in [2.05, 4.69) is 24.1 Å². The summed E-state index contributed by atoms with van der Waals surface area (Å²) in [6.45, 7) is 6.31. The SMILES string of the molecule is CCC(CC)(CO)Nc1cc(C)ccn1. The Hall–Kier alpha value is -1.09. The van der Waals surface area contributed by atoms with Gasteiger partial charge in [0.05, 0.1) is 12.1 Å². The minimum absolute atomic E-state index is 0.135. The molecule has 84 valence electrons. The van der Waals surface area contributed by atoms with Crippen molar-refractivity contribution < 1.29 is 5.11 Å². The zero-order chi connectivity index (χ0) is 11.3. The molecule has 0 aliphatic carbocycles. The summed E-state index contributed by atoms with van der Waals surface area (Å²) in [7, 11) is 0. The number of anilines is 1. The molecule has 0 aromatic carbocycles. The zero-order valence-electron chi connectivity index (χ0n) is 9.75. The van der Waals surface area contributed by atoms with Gasteiger partial charge < -0.3 is 10.4 Å². The van der Waals surface area contributed by atoms with Crippen LogP contribution >= 0.6 is 0 Å². The van der Waals surface area contributed by atoms with Gasteiger partial charge in [-0.15, -0.1) is 0 Å². The van der Waals surface area contributed by atoms with Crippen molar-refractivity contribution in [1.29, 1.82) is 0 Å². The van der Waals surface area contributed by atoms with Crippen molar-refractivity contribution >= 4 is 5.82 Å². The molecule has 0 radical (unpaired) electrons. The Kier molecular flexibility index (Phi) is 4.09. The van der Waals surface area contributed by atoms with Gasteiger partial charge in [-0.2, -0.15) is 0 Å². The van der Waals surface area contributed by atoms with E-state index in [4.69, 9.17) is 0 Å². The van der Waals surface area contributed by atoms with E-state index in [1.165, 1.54) is 5.56 Å². The monoisotopic (exact) mass is 208 g/mol. The highest BCUT2D eigenvalue weighted by Gasteiger charge is 2.24. The number of aliphatic hydroxyl groups is 1. The Morgan fingerprint density at radius 1 is 1.40 bits per heavy atom. The van der Waals surface area contributed by atoms with E-state index in [1.54, 1.807) is 6.20 Å². The first-order valence-corrected chi connectivity index (χ1v) is 5.47. The van der Waals surface area contributed by atoms with Crippen LogP contribution in [0.5, 0.6) is 0 Å². The molecule has 0 amide bonds. The fourth-order valence-electron chi connectivity index (χ4n) is 1.57. The predicted octanol–water partition coefficient (Wildman–Crippen LogP) is 2.35. The third-order valence-corrected chi connectivity index (χ3v) is 2.96. The molecule has 3 heteroatoms. The minimum atomic E-state index is -0.235. The van der Waals surface area contributed by atoms with E-state index in [0.29, 0.717) is 0 Å². The second kappa shape index (κ2) is 5.12. The normalized spacial score (nSPS) is 11.5. The van der Waals surface area contributed by atoms with Crippen LogP contribution in [0.2, 0.25) is 0 Å². The first-order valence-electron chi connectivity index (χ1n) is 5.47. The highest BCUT2D eigenvalue weighted by molar-refractivity contribution is 5.40. The topological polar surface area (TPSA) is 45.1 Å². The summed E-state index contributed by atoms with van der Waals surface area (Å²) in [4.78, 5) is 4.25. The molecule has 0 unspecified atom stereocenters. The van der Waals surface area contributed by atoms with Crippen LogP contribution in [0, 0.1) is 6.92 Å². The lowest BCUT2D eigenvalue weighted by Gasteiger charge is -2.31. The first-order chi connectivity index (χ1) is 7.15. The molecule has 1 aromatic rings. The number of aromatic nitrogens is 1. The summed E-state index contributed by atoms with van der Waals surface area (Å²) in [5.74, 6) is 0.841.